The normalized spacial score (nSPS) is 24.6. The van der Waals surface area contributed by atoms with Gasteiger partial charge in [-0.05, 0) is 40.8 Å². The zero-order valence-corrected chi connectivity index (χ0v) is 14.3. The summed E-state index contributed by atoms with van der Waals surface area (Å²) in [6, 6.07) is 4.99. The third kappa shape index (κ3) is 2.11. The number of methoxy groups -OCH3 is 2. The second kappa shape index (κ2) is 5.30. The van der Waals surface area contributed by atoms with Crippen LogP contribution in [-0.2, 0) is 19.7 Å². The molecule has 5 nitrogen and oxygen atoms in total. The van der Waals surface area contributed by atoms with E-state index in [1.54, 1.807) is 18.2 Å². The Kier molecular flexibility index (Phi) is 3.62. The predicted octanol–water partition coefficient (Wildman–Crippen LogP) is 2.62. The highest BCUT2D eigenvalue weighted by Gasteiger charge is 2.57. The Morgan fingerprint density at radius 2 is 1.83 bits per heavy atom. The molecule has 126 valence electrons. The molecule has 3 rings (SSSR count). The number of hydrogen-bond donors (Lipinski definition) is 0. The Bertz CT molecular complexity index is 787. The minimum atomic E-state index is -1.26. The molecule has 0 spiro atoms. The zero-order valence-electron chi connectivity index (χ0n) is 14.3. The summed E-state index contributed by atoms with van der Waals surface area (Å²) in [6.07, 6.45) is 1.81. The second-order valence-corrected chi connectivity index (χ2v) is 7.01. The van der Waals surface area contributed by atoms with Gasteiger partial charge in [-0.1, -0.05) is 13.8 Å². The average molecular weight is 328 g/mol. The van der Waals surface area contributed by atoms with Gasteiger partial charge in [-0.25, -0.2) is 0 Å². The molecule has 1 aromatic rings. The monoisotopic (exact) mass is 328 g/mol. The van der Waals surface area contributed by atoms with Gasteiger partial charge in [0.15, 0.2) is 5.78 Å². The van der Waals surface area contributed by atoms with Gasteiger partial charge >= 0.3 is 5.97 Å². The molecule has 0 aromatic heterocycles. The highest BCUT2D eigenvalue weighted by molar-refractivity contribution is 6.13. The first-order valence-corrected chi connectivity index (χ1v) is 7.82. The Hall–Kier alpha value is -2.43. The van der Waals surface area contributed by atoms with Gasteiger partial charge in [0.05, 0.1) is 14.2 Å². The first kappa shape index (κ1) is 16.4. The van der Waals surface area contributed by atoms with Gasteiger partial charge < -0.3 is 9.47 Å². The molecule has 1 aromatic carbocycles. The van der Waals surface area contributed by atoms with Crippen LogP contribution >= 0.6 is 0 Å². The summed E-state index contributed by atoms with van der Waals surface area (Å²) in [7, 11) is 2.82. The fourth-order valence-electron chi connectivity index (χ4n) is 4.07. The van der Waals surface area contributed by atoms with Gasteiger partial charge in [0, 0.05) is 18.4 Å². The SMILES string of the molecule is COC(=O)C12CC(=O)CC(C)(C)C1=CC(=O)c1ccc(OC)cc12. The number of carbonyl (C=O) groups excluding carboxylic acids is 3. The number of allylic oxidation sites excluding steroid dienone is 1. The van der Waals surface area contributed by atoms with Crippen LogP contribution in [0.4, 0.5) is 0 Å². The molecule has 0 amide bonds. The van der Waals surface area contributed by atoms with Crippen LogP contribution in [0.15, 0.2) is 29.8 Å². The number of ether oxygens (including phenoxy) is 2. The van der Waals surface area contributed by atoms with Crippen molar-refractivity contribution in [2.24, 2.45) is 5.41 Å². The van der Waals surface area contributed by atoms with Crippen molar-refractivity contribution in [2.45, 2.75) is 32.1 Å². The molecule has 1 fully saturated rings. The van der Waals surface area contributed by atoms with Crippen molar-refractivity contribution in [2.75, 3.05) is 14.2 Å². The molecule has 0 aliphatic heterocycles. The standard InChI is InChI=1S/C19H20O5/c1-18(2)9-11(20)10-19(17(22)24-4)14-7-12(23-3)5-6-13(14)15(21)8-16(18)19/h5-8H,9-10H2,1-4H3. The largest absolute Gasteiger partial charge is 0.497 e. The topological polar surface area (TPSA) is 69.7 Å². The van der Waals surface area contributed by atoms with E-state index in [2.05, 4.69) is 0 Å². The van der Waals surface area contributed by atoms with Crippen molar-refractivity contribution in [3.8, 4) is 5.75 Å². The lowest BCUT2D eigenvalue weighted by molar-refractivity contribution is -0.150. The lowest BCUT2D eigenvalue weighted by Crippen LogP contribution is -2.52. The zero-order chi connectivity index (χ0) is 17.7. The van der Waals surface area contributed by atoms with E-state index in [4.69, 9.17) is 9.47 Å². The molecule has 2 aliphatic rings. The van der Waals surface area contributed by atoms with Crippen LogP contribution in [0.25, 0.3) is 0 Å². The van der Waals surface area contributed by atoms with Crippen LogP contribution in [-0.4, -0.2) is 31.8 Å². The first-order valence-electron chi connectivity index (χ1n) is 7.82. The number of fused-ring (bicyclic) bond motifs is 3. The minimum absolute atomic E-state index is 0.00237. The molecule has 0 bridgehead atoms. The van der Waals surface area contributed by atoms with Gasteiger partial charge in [0.2, 0.25) is 0 Å². The molecule has 2 aliphatic carbocycles. The smallest absolute Gasteiger partial charge is 0.320 e. The lowest BCUT2D eigenvalue weighted by Gasteiger charge is -2.47. The Morgan fingerprint density at radius 1 is 1.12 bits per heavy atom. The van der Waals surface area contributed by atoms with Gasteiger partial charge in [0.25, 0.3) is 0 Å². The maximum atomic E-state index is 12.9. The van der Waals surface area contributed by atoms with Gasteiger partial charge in [-0.3, -0.25) is 14.4 Å². The maximum absolute atomic E-state index is 12.9. The first-order chi connectivity index (χ1) is 11.3. The van der Waals surface area contributed by atoms with Crippen molar-refractivity contribution in [1.29, 1.82) is 0 Å². The summed E-state index contributed by atoms with van der Waals surface area (Å²) in [5, 5.41) is 0. The summed E-state index contributed by atoms with van der Waals surface area (Å²) < 4.78 is 10.3. The highest BCUT2D eigenvalue weighted by atomic mass is 16.5. The van der Waals surface area contributed by atoms with Gasteiger partial charge in [0.1, 0.15) is 16.9 Å². The van der Waals surface area contributed by atoms with Crippen molar-refractivity contribution < 1.29 is 23.9 Å². The van der Waals surface area contributed by atoms with Crippen LogP contribution in [0.5, 0.6) is 5.75 Å². The van der Waals surface area contributed by atoms with E-state index >= 15 is 0 Å². The van der Waals surface area contributed by atoms with Crippen LogP contribution in [0.1, 0.15) is 42.6 Å². The molecule has 0 saturated heterocycles. The third-order valence-corrected chi connectivity index (χ3v) is 5.05. The number of hydrogen-bond acceptors (Lipinski definition) is 5. The Morgan fingerprint density at radius 3 is 2.46 bits per heavy atom. The molecule has 0 heterocycles. The quantitative estimate of drug-likeness (QED) is 0.781. The maximum Gasteiger partial charge on any atom is 0.320 e. The summed E-state index contributed by atoms with van der Waals surface area (Å²) in [6.45, 7) is 3.76. The summed E-state index contributed by atoms with van der Waals surface area (Å²) in [5.74, 6) is -0.172. The van der Waals surface area contributed by atoms with E-state index in [1.807, 2.05) is 13.8 Å². The molecule has 1 saturated carbocycles. The van der Waals surface area contributed by atoms with Crippen LogP contribution in [0.3, 0.4) is 0 Å². The second-order valence-electron chi connectivity index (χ2n) is 7.01. The highest BCUT2D eigenvalue weighted by Crippen LogP contribution is 2.54. The van der Waals surface area contributed by atoms with E-state index in [0.717, 1.165) is 0 Å². The van der Waals surface area contributed by atoms with Crippen LogP contribution < -0.4 is 4.74 Å². The van der Waals surface area contributed by atoms with Gasteiger partial charge in [-0.15, -0.1) is 0 Å². The van der Waals surface area contributed by atoms with E-state index in [1.165, 1.54) is 20.3 Å². The Balaban J connectivity index is 2.38. The van der Waals surface area contributed by atoms with E-state index in [-0.39, 0.29) is 18.0 Å². The number of rotatable bonds is 2. The predicted molar refractivity (Wildman–Crippen MR) is 87.1 cm³/mol. The van der Waals surface area contributed by atoms with E-state index in [9.17, 15) is 14.4 Å². The summed E-state index contributed by atoms with van der Waals surface area (Å²) >= 11 is 0. The molecule has 0 N–H and O–H groups in total. The number of carbonyl (C=O) groups is 3. The van der Waals surface area contributed by atoms with E-state index in [0.29, 0.717) is 28.9 Å². The van der Waals surface area contributed by atoms with Crippen LogP contribution in [0, 0.1) is 5.41 Å². The van der Waals surface area contributed by atoms with E-state index < -0.39 is 16.8 Å². The summed E-state index contributed by atoms with van der Waals surface area (Å²) in [4.78, 5) is 37.9. The number of Topliss-reactive ketones (excluding diaryl/α,β-unsaturated/α-hetero) is 1. The average Bonchev–Trinajstić information content (AvgIpc) is 2.54. The third-order valence-electron chi connectivity index (χ3n) is 5.05. The fraction of sp³-hybridized carbons (Fsp3) is 0.421. The van der Waals surface area contributed by atoms with Crippen molar-refractivity contribution in [3.05, 3.63) is 41.0 Å². The van der Waals surface area contributed by atoms with Crippen molar-refractivity contribution in [1.82, 2.24) is 0 Å². The molecule has 0 radical (unpaired) electrons. The number of ketones is 2. The lowest BCUT2D eigenvalue weighted by atomic mass is 9.54. The molecular weight excluding hydrogens is 308 g/mol. The minimum Gasteiger partial charge on any atom is -0.497 e. The number of benzene rings is 1. The Labute approximate surface area is 140 Å². The van der Waals surface area contributed by atoms with Crippen LogP contribution in [0.2, 0.25) is 0 Å². The molecule has 24 heavy (non-hydrogen) atoms. The summed E-state index contributed by atoms with van der Waals surface area (Å²) in [5.41, 5.74) is -0.300. The van der Waals surface area contributed by atoms with Crippen molar-refractivity contribution >= 4 is 17.5 Å². The van der Waals surface area contributed by atoms with Gasteiger partial charge in [-0.2, -0.15) is 0 Å². The van der Waals surface area contributed by atoms with Crippen molar-refractivity contribution in [3.63, 3.8) is 0 Å². The fourth-order valence-corrected chi connectivity index (χ4v) is 4.07. The number of esters is 1. The molecule has 1 unspecified atom stereocenters. The molecule has 5 heteroatoms. The molecule has 1 atom stereocenters. The molecular formula is C19H20O5.